The number of benzene rings is 1. The Balaban J connectivity index is 1.74. The molecule has 6 heteroatoms. The van der Waals surface area contributed by atoms with E-state index >= 15 is 0 Å². The largest absolute Gasteiger partial charge is 0.341 e. The molecule has 2 aliphatic heterocycles. The minimum Gasteiger partial charge on any atom is -0.341 e. The van der Waals surface area contributed by atoms with Gasteiger partial charge in [-0.1, -0.05) is 19.1 Å². The average molecular weight is 347 g/mol. The van der Waals surface area contributed by atoms with Crippen LogP contribution in [-0.4, -0.2) is 73.3 Å². The molecule has 0 aromatic heterocycles. The number of likely N-dealkylation sites (tertiary alicyclic amines) is 2. The van der Waals surface area contributed by atoms with Crippen molar-refractivity contribution in [3.63, 3.8) is 0 Å². The lowest BCUT2D eigenvalue weighted by molar-refractivity contribution is -0.137. The zero-order chi connectivity index (χ0) is 18.2. The van der Waals surface area contributed by atoms with Crippen molar-refractivity contribution in [3.8, 4) is 0 Å². The van der Waals surface area contributed by atoms with Crippen molar-refractivity contribution in [2.24, 2.45) is 11.3 Å². The van der Waals surface area contributed by atoms with Crippen LogP contribution in [0, 0.1) is 17.2 Å². The maximum absolute atomic E-state index is 13.9. The van der Waals surface area contributed by atoms with Crippen molar-refractivity contribution in [1.29, 1.82) is 0 Å². The van der Waals surface area contributed by atoms with Crippen LogP contribution in [0.4, 0.5) is 4.39 Å². The van der Waals surface area contributed by atoms with E-state index in [1.54, 1.807) is 17.0 Å². The van der Waals surface area contributed by atoms with Crippen molar-refractivity contribution in [2.75, 3.05) is 46.8 Å². The number of hydrogen-bond donors (Lipinski definition) is 0. The first-order chi connectivity index (χ1) is 11.8. The van der Waals surface area contributed by atoms with E-state index in [0.717, 1.165) is 19.5 Å². The molecule has 2 atom stereocenters. The first-order valence-electron chi connectivity index (χ1n) is 8.83. The molecule has 0 bridgehead atoms. The molecule has 5 nitrogen and oxygen atoms in total. The highest BCUT2D eigenvalue weighted by Gasteiger charge is 2.55. The minimum atomic E-state index is -0.508. The molecule has 0 N–H and O–H groups in total. The summed E-state index contributed by atoms with van der Waals surface area (Å²) in [6.07, 6.45) is 0.765. The number of amides is 2. The molecule has 2 amide bonds. The summed E-state index contributed by atoms with van der Waals surface area (Å²) in [6, 6.07) is 6.04. The van der Waals surface area contributed by atoms with E-state index in [4.69, 9.17) is 0 Å². The highest BCUT2D eigenvalue weighted by atomic mass is 19.1. The van der Waals surface area contributed by atoms with E-state index in [1.807, 2.05) is 25.9 Å². The van der Waals surface area contributed by atoms with E-state index in [9.17, 15) is 14.0 Å². The fraction of sp³-hybridized carbons (Fsp3) is 0.579. The van der Waals surface area contributed by atoms with Gasteiger partial charge in [0, 0.05) is 32.7 Å². The Bertz CT molecular complexity index is 678. The number of carbonyl (C=O) groups is 2. The molecule has 0 aliphatic carbocycles. The summed E-state index contributed by atoms with van der Waals surface area (Å²) in [7, 11) is 3.98. The molecule has 3 rings (SSSR count). The average Bonchev–Trinajstić information content (AvgIpc) is 3.07. The van der Waals surface area contributed by atoms with E-state index in [-0.39, 0.29) is 23.3 Å². The van der Waals surface area contributed by atoms with Crippen LogP contribution < -0.4 is 0 Å². The summed E-state index contributed by atoms with van der Waals surface area (Å²) in [4.78, 5) is 31.3. The fourth-order valence-corrected chi connectivity index (χ4v) is 4.02. The van der Waals surface area contributed by atoms with E-state index in [1.165, 1.54) is 12.1 Å². The first-order valence-corrected chi connectivity index (χ1v) is 8.83. The lowest BCUT2D eigenvalue weighted by atomic mass is 9.78. The first kappa shape index (κ1) is 17.9. The normalized spacial score (nSPS) is 26.3. The number of rotatable bonds is 4. The van der Waals surface area contributed by atoms with Crippen molar-refractivity contribution in [3.05, 3.63) is 35.6 Å². The van der Waals surface area contributed by atoms with Crippen LogP contribution in [0.1, 0.15) is 23.7 Å². The molecule has 1 aromatic rings. The Morgan fingerprint density at radius 1 is 1.36 bits per heavy atom. The molecule has 2 saturated heterocycles. The lowest BCUT2D eigenvalue weighted by Crippen LogP contribution is -2.42. The molecule has 2 heterocycles. The summed E-state index contributed by atoms with van der Waals surface area (Å²) >= 11 is 0. The summed E-state index contributed by atoms with van der Waals surface area (Å²) in [5, 5.41) is 0. The predicted octanol–water partition coefficient (Wildman–Crippen LogP) is 1.70. The van der Waals surface area contributed by atoms with Crippen LogP contribution in [0.3, 0.4) is 0 Å². The van der Waals surface area contributed by atoms with Crippen LogP contribution in [-0.2, 0) is 4.79 Å². The molecule has 0 unspecified atom stereocenters. The summed E-state index contributed by atoms with van der Waals surface area (Å²) in [5.74, 6) is -0.599. The highest BCUT2D eigenvalue weighted by molar-refractivity contribution is 5.96. The summed E-state index contributed by atoms with van der Waals surface area (Å²) in [6.45, 7) is 5.19. The third-order valence-electron chi connectivity index (χ3n) is 5.66. The maximum atomic E-state index is 13.9. The Labute approximate surface area is 148 Å². The molecule has 0 saturated carbocycles. The van der Waals surface area contributed by atoms with Gasteiger partial charge in [-0.3, -0.25) is 9.59 Å². The van der Waals surface area contributed by atoms with Gasteiger partial charge in [0.05, 0.1) is 11.0 Å². The smallest absolute Gasteiger partial charge is 0.256 e. The number of halogens is 1. The van der Waals surface area contributed by atoms with Gasteiger partial charge in [-0.2, -0.15) is 0 Å². The van der Waals surface area contributed by atoms with Gasteiger partial charge in [-0.05, 0) is 38.6 Å². The second-order valence-electron chi connectivity index (χ2n) is 7.57. The van der Waals surface area contributed by atoms with E-state index < -0.39 is 11.2 Å². The zero-order valence-corrected chi connectivity index (χ0v) is 15.2. The Kier molecular flexibility index (Phi) is 4.82. The predicted molar refractivity (Wildman–Crippen MR) is 93.7 cm³/mol. The van der Waals surface area contributed by atoms with Crippen LogP contribution in [0.15, 0.2) is 24.3 Å². The number of nitrogens with zero attached hydrogens (tertiary/aromatic N) is 3. The van der Waals surface area contributed by atoms with E-state index in [0.29, 0.717) is 19.6 Å². The molecular weight excluding hydrogens is 321 g/mol. The Hall–Kier alpha value is -1.95. The SMILES string of the molecule is C[C@@H]1CN(C(=O)c2ccccc2F)C[C@]12CCN(CCN(C)C)C2=O. The van der Waals surface area contributed by atoms with Gasteiger partial charge in [0.25, 0.3) is 5.91 Å². The zero-order valence-electron chi connectivity index (χ0n) is 15.2. The van der Waals surface area contributed by atoms with Crippen LogP contribution in [0.25, 0.3) is 0 Å². The van der Waals surface area contributed by atoms with Gasteiger partial charge in [0.15, 0.2) is 0 Å². The molecule has 25 heavy (non-hydrogen) atoms. The molecule has 136 valence electrons. The Morgan fingerprint density at radius 3 is 2.76 bits per heavy atom. The second kappa shape index (κ2) is 6.75. The van der Waals surface area contributed by atoms with Crippen molar-refractivity contribution < 1.29 is 14.0 Å². The standard InChI is InChI=1S/C19H26FN3O2/c1-14-12-23(17(24)15-6-4-5-7-16(15)20)13-19(14)8-9-22(18(19)25)11-10-21(2)3/h4-7,14H,8-13H2,1-3H3/t14-,19-/m1/s1. The van der Waals surface area contributed by atoms with Gasteiger partial charge in [-0.25, -0.2) is 4.39 Å². The summed E-state index contributed by atoms with van der Waals surface area (Å²) < 4.78 is 13.9. The number of hydrogen-bond acceptors (Lipinski definition) is 3. The molecule has 1 aromatic carbocycles. The molecule has 2 fully saturated rings. The maximum Gasteiger partial charge on any atom is 0.256 e. The van der Waals surface area contributed by atoms with Gasteiger partial charge in [0.1, 0.15) is 5.82 Å². The lowest BCUT2D eigenvalue weighted by Gasteiger charge is -2.27. The van der Waals surface area contributed by atoms with Gasteiger partial charge >= 0.3 is 0 Å². The molecule has 0 radical (unpaired) electrons. The third-order valence-corrected chi connectivity index (χ3v) is 5.66. The fourth-order valence-electron chi connectivity index (χ4n) is 4.02. The highest BCUT2D eigenvalue weighted by Crippen LogP contribution is 2.45. The van der Waals surface area contributed by atoms with Crippen molar-refractivity contribution in [1.82, 2.24) is 14.7 Å². The quantitative estimate of drug-likeness (QED) is 0.833. The van der Waals surface area contributed by atoms with Crippen LogP contribution >= 0.6 is 0 Å². The van der Waals surface area contributed by atoms with E-state index in [2.05, 4.69) is 4.90 Å². The number of likely N-dealkylation sites (N-methyl/N-ethyl adjacent to an activating group) is 1. The number of carbonyl (C=O) groups excluding carboxylic acids is 2. The summed E-state index contributed by atoms with van der Waals surface area (Å²) in [5.41, 5.74) is -0.422. The van der Waals surface area contributed by atoms with Crippen LogP contribution in [0.5, 0.6) is 0 Å². The third kappa shape index (κ3) is 3.15. The molecular formula is C19H26FN3O2. The van der Waals surface area contributed by atoms with Crippen molar-refractivity contribution in [2.45, 2.75) is 13.3 Å². The van der Waals surface area contributed by atoms with Gasteiger partial charge < -0.3 is 14.7 Å². The van der Waals surface area contributed by atoms with Gasteiger partial charge in [0.2, 0.25) is 5.91 Å². The van der Waals surface area contributed by atoms with Gasteiger partial charge in [-0.15, -0.1) is 0 Å². The molecule has 1 spiro atoms. The Morgan fingerprint density at radius 2 is 2.08 bits per heavy atom. The van der Waals surface area contributed by atoms with Crippen molar-refractivity contribution >= 4 is 11.8 Å². The molecule has 2 aliphatic rings. The second-order valence-corrected chi connectivity index (χ2v) is 7.57. The minimum absolute atomic E-state index is 0.0834. The topological polar surface area (TPSA) is 43.9 Å². The van der Waals surface area contributed by atoms with Crippen LogP contribution in [0.2, 0.25) is 0 Å². The monoisotopic (exact) mass is 347 g/mol.